The van der Waals surface area contributed by atoms with Crippen LogP contribution in [0.3, 0.4) is 0 Å². The molecule has 2 heterocycles. The highest BCUT2D eigenvalue weighted by Gasteiger charge is 2.36. The molecule has 1 unspecified atom stereocenters. The molecule has 1 aromatic carbocycles. The molecular formula is C17H20F3NO3. The van der Waals surface area contributed by atoms with Crippen LogP contribution in [-0.4, -0.2) is 42.9 Å². The van der Waals surface area contributed by atoms with Crippen LogP contribution in [0.5, 0.6) is 0 Å². The molecule has 7 heteroatoms. The number of rotatable bonds is 3. The van der Waals surface area contributed by atoms with Crippen molar-refractivity contribution >= 4 is 5.91 Å². The number of nitrogens with zero attached hydrogens (tertiary/aromatic N) is 1. The van der Waals surface area contributed by atoms with Gasteiger partial charge >= 0.3 is 6.18 Å². The van der Waals surface area contributed by atoms with E-state index < -0.39 is 18.0 Å². The number of carbonyl (C=O) groups excluding carboxylic acids is 1. The second-order valence-corrected chi connectivity index (χ2v) is 6.14. The van der Waals surface area contributed by atoms with Crippen molar-refractivity contribution in [2.24, 2.45) is 0 Å². The Hall–Kier alpha value is -1.60. The lowest BCUT2D eigenvalue weighted by Crippen LogP contribution is -2.50. The molecule has 1 atom stereocenters. The van der Waals surface area contributed by atoms with Crippen LogP contribution in [0.15, 0.2) is 24.3 Å². The van der Waals surface area contributed by atoms with Crippen LogP contribution in [0, 0.1) is 0 Å². The van der Waals surface area contributed by atoms with Crippen LogP contribution in [0.1, 0.15) is 30.4 Å². The third kappa shape index (κ3) is 3.89. The number of likely N-dealkylation sites (tertiary alicyclic amines) is 1. The van der Waals surface area contributed by atoms with Gasteiger partial charge in [0.1, 0.15) is 0 Å². The number of ether oxygens (including phenoxy) is 2. The predicted octanol–water partition coefficient (Wildman–Crippen LogP) is 3.00. The van der Waals surface area contributed by atoms with Crippen molar-refractivity contribution in [1.82, 2.24) is 4.90 Å². The van der Waals surface area contributed by atoms with Crippen LogP contribution in [0.2, 0.25) is 0 Å². The van der Waals surface area contributed by atoms with Gasteiger partial charge in [0.25, 0.3) is 0 Å². The van der Waals surface area contributed by atoms with Crippen LogP contribution in [0.4, 0.5) is 13.2 Å². The van der Waals surface area contributed by atoms with E-state index in [-0.39, 0.29) is 18.4 Å². The maximum absolute atomic E-state index is 12.8. The van der Waals surface area contributed by atoms with Crippen molar-refractivity contribution in [3.63, 3.8) is 0 Å². The number of hydrogen-bond acceptors (Lipinski definition) is 3. The summed E-state index contributed by atoms with van der Waals surface area (Å²) in [5, 5.41) is 0. The molecule has 1 aromatic rings. The van der Waals surface area contributed by atoms with Crippen molar-refractivity contribution in [2.75, 3.05) is 19.8 Å². The molecule has 0 aromatic heterocycles. The molecule has 1 amide bonds. The summed E-state index contributed by atoms with van der Waals surface area (Å²) in [7, 11) is 0. The van der Waals surface area contributed by atoms with E-state index in [0.717, 1.165) is 31.4 Å². The van der Waals surface area contributed by atoms with Crippen molar-refractivity contribution in [3.05, 3.63) is 35.4 Å². The number of carbonyl (C=O) groups is 1. The third-order valence-electron chi connectivity index (χ3n) is 4.44. The maximum atomic E-state index is 12.8. The zero-order valence-corrected chi connectivity index (χ0v) is 13.2. The molecule has 132 valence electrons. The van der Waals surface area contributed by atoms with E-state index in [9.17, 15) is 18.0 Å². The third-order valence-corrected chi connectivity index (χ3v) is 4.44. The minimum absolute atomic E-state index is 0.0485. The summed E-state index contributed by atoms with van der Waals surface area (Å²) in [5.41, 5.74) is -0.363. The molecule has 4 nitrogen and oxygen atoms in total. The van der Waals surface area contributed by atoms with Crippen LogP contribution < -0.4 is 0 Å². The van der Waals surface area contributed by atoms with Gasteiger partial charge in [0.05, 0.1) is 31.2 Å². The molecule has 3 rings (SSSR count). The highest BCUT2D eigenvalue weighted by molar-refractivity contribution is 5.79. The molecule has 24 heavy (non-hydrogen) atoms. The van der Waals surface area contributed by atoms with Gasteiger partial charge in [-0.2, -0.15) is 13.2 Å². The van der Waals surface area contributed by atoms with Crippen molar-refractivity contribution in [2.45, 2.75) is 44.2 Å². The fraction of sp³-hybridized carbons (Fsp3) is 0.588. The standard InChI is InChI=1S/C17H20F3NO3/c18-17(19,20)13-5-3-4-12(10-13)11-15(22)21-7-2-1-6-14(21)16-23-8-9-24-16/h3-5,10,14,16H,1-2,6-9,11H2. The number of alkyl halides is 3. The molecule has 0 radical (unpaired) electrons. The lowest BCUT2D eigenvalue weighted by Gasteiger charge is -2.38. The molecule has 2 saturated heterocycles. The van der Waals surface area contributed by atoms with Crippen molar-refractivity contribution in [1.29, 1.82) is 0 Å². The Morgan fingerprint density at radius 2 is 1.96 bits per heavy atom. The monoisotopic (exact) mass is 343 g/mol. The summed E-state index contributed by atoms with van der Waals surface area (Å²) in [5.74, 6) is -0.182. The molecule has 2 fully saturated rings. The molecule has 0 N–H and O–H groups in total. The SMILES string of the molecule is O=C(Cc1cccc(C(F)(F)F)c1)N1CCCCC1C1OCCO1. The first-order valence-corrected chi connectivity index (χ1v) is 8.14. The molecule has 0 bridgehead atoms. The molecule has 2 aliphatic heterocycles. The smallest absolute Gasteiger partial charge is 0.348 e. The Labute approximate surface area is 138 Å². The molecule has 0 spiro atoms. The molecule has 0 saturated carbocycles. The Morgan fingerprint density at radius 1 is 1.21 bits per heavy atom. The summed E-state index contributed by atoms with van der Waals surface area (Å²) in [6.45, 7) is 1.61. The number of benzene rings is 1. The van der Waals surface area contributed by atoms with Gasteiger partial charge in [-0.1, -0.05) is 18.2 Å². The highest BCUT2D eigenvalue weighted by atomic mass is 19.4. The van der Waals surface area contributed by atoms with Gasteiger partial charge in [0, 0.05) is 6.54 Å². The fourth-order valence-electron chi connectivity index (χ4n) is 3.28. The lowest BCUT2D eigenvalue weighted by molar-refractivity contribution is -0.150. The predicted molar refractivity (Wildman–Crippen MR) is 80.2 cm³/mol. The first-order chi connectivity index (χ1) is 11.4. The Kier molecular flexibility index (Phi) is 5.10. The second kappa shape index (κ2) is 7.11. The average Bonchev–Trinajstić information content (AvgIpc) is 3.08. The van der Waals surface area contributed by atoms with E-state index in [0.29, 0.717) is 25.3 Å². The molecular weight excluding hydrogens is 323 g/mol. The van der Waals surface area contributed by atoms with E-state index in [4.69, 9.17) is 9.47 Å². The highest BCUT2D eigenvalue weighted by Crippen LogP contribution is 2.30. The number of hydrogen-bond donors (Lipinski definition) is 0. The molecule has 0 aliphatic carbocycles. The first-order valence-electron chi connectivity index (χ1n) is 8.14. The average molecular weight is 343 g/mol. The number of amides is 1. The summed E-state index contributed by atoms with van der Waals surface area (Å²) in [6.07, 6.45) is -2.21. The van der Waals surface area contributed by atoms with E-state index in [1.165, 1.54) is 6.07 Å². The van der Waals surface area contributed by atoms with E-state index >= 15 is 0 Å². The Morgan fingerprint density at radius 3 is 2.67 bits per heavy atom. The summed E-state index contributed by atoms with van der Waals surface area (Å²) < 4.78 is 49.4. The maximum Gasteiger partial charge on any atom is 0.416 e. The van der Waals surface area contributed by atoms with Crippen LogP contribution in [0.25, 0.3) is 0 Å². The van der Waals surface area contributed by atoms with Gasteiger partial charge in [0.2, 0.25) is 5.91 Å². The minimum atomic E-state index is -4.40. The Balaban J connectivity index is 1.71. The van der Waals surface area contributed by atoms with Gasteiger partial charge < -0.3 is 14.4 Å². The van der Waals surface area contributed by atoms with E-state index in [1.807, 2.05) is 0 Å². The molecule has 2 aliphatic rings. The summed E-state index contributed by atoms with van der Waals surface area (Å²) in [4.78, 5) is 14.3. The van der Waals surface area contributed by atoms with Crippen molar-refractivity contribution in [3.8, 4) is 0 Å². The van der Waals surface area contributed by atoms with Crippen LogP contribution >= 0.6 is 0 Å². The lowest BCUT2D eigenvalue weighted by atomic mass is 9.99. The number of halogens is 3. The van der Waals surface area contributed by atoms with Crippen molar-refractivity contribution < 1.29 is 27.4 Å². The first kappa shape index (κ1) is 17.2. The zero-order valence-electron chi connectivity index (χ0n) is 13.2. The van der Waals surface area contributed by atoms with E-state index in [2.05, 4.69) is 0 Å². The minimum Gasteiger partial charge on any atom is -0.348 e. The second-order valence-electron chi connectivity index (χ2n) is 6.14. The van der Waals surface area contributed by atoms with Gasteiger partial charge in [0.15, 0.2) is 6.29 Å². The summed E-state index contributed by atoms with van der Waals surface area (Å²) >= 11 is 0. The van der Waals surface area contributed by atoms with Gasteiger partial charge in [-0.3, -0.25) is 4.79 Å². The van der Waals surface area contributed by atoms with Gasteiger partial charge in [-0.25, -0.2) is 0 Å². The van der Waals surface area contributed by atoms with Gasteiger partial charge in [-0.15, -0.1) is 0 Å². The Bertz CT molecular complexity index is 585. The normalized spacial score (nSPS) is 22.8. The van der Waals surface area contributed by atoms with Crippen LogP contribution in [-0.2, 0) is 26.9 Å². The number of piperidine rings is 1. The fourth-order valence-corrected chi connectivity index (χ4v) is 3.28. The zero-order chi connectivity index (χ0) is 17.2. The van der Waals surface area contributed by atoms with Gasteiger partial charge in [-0.05, 0) is 30.9 Å². The quantitative estimate of drug-likeness (QED) is 0.847. The topological polar surface area (TPSA) is 38.8 Å². The van der Waals surface area contributed by atoms with E-state index in [1.54, 1.807) is 11.0 Å². The summed E-state index contributed by atoms with van der Waals surface area (Å²) in [6, 6.07) is 4.79. The largest absolute Gasteiger partial charge is 0.416 e.